The van der Waals surface area contributed by atoms with Crippen LogP contribution in [-0.4, -0.2) is 24.4 Å². The summed E-state index contributed by atoms with van der Waals surface area (Å²) in [5.74, 6) is 0.484. The molecule has 1 atom stereocenters. The minimum atomic E-state index is 0.484. The fraction of sp³-hybridized carbons (Fsp3) is 0.364. The Morgan fingerprint density at radius 2 is 2.07 bits per heavy atom. The van der Waals surface area contributed by atoms with Crippen molar-refractivity contribution in [3.8, 4) is 0 Å². The number of carbonyl (C=O) groups is 1. The van der Waals surface area contributed by atoms with Gasteiger partial charge in [-0.3, -0.25) is 4.79 Å². The van der Waals surface area contributed by atoms with Gasteiger partial charge in [-0.25, -0.2) is 0 Å². The molecule has 2 nitrogen and oxygen atoms in total. The molecular formula is C11H12ClNO. The summed E-state index contributed by atoms with van der Waals surface area (Å²) in [4.78, 5) is 12.4. The van der Waals surface area contributed by atoms with Crippen LogP contribution in [-0.2, 0) is 4.79 Å². The number of likely N-dealkylation sites (tertiary alicyclic amines) is 1. The van der Waals surface area contributed by atoms with E-state index in [-0.39, 0.29) is 0 Å². The summed E-state index contributed by atoms with van der Waals surface area (Å²) < 4.78 is 0. The van der Waals surface area contributed by atoms with Gasteiger partial charge < -0.3 is 4.90 Å². The molecule has 1 fully saturated rings. The van der Waals surface area contributed by atoms with E-state index in [9.17, 15) is 4.79 Å². The quantitative estimate of drug-likeness (QED) is 0.685. The highest BCUT2D eigenvalue weighted by Gasteiger charge is 2.22. The van der Waals surface area contributed by atoms with Crippen molar-refractivity contribution in [2.45, 2.75) is 12.3 Å². The number of rotatable bonds is 2. The number of amides is 1. The van der Waals surface area contributed by atoms with E-state index in [0.29, 0.717) is 5.92 Å². The molecule has 0 aliphatic carbocycles. The SMILES string of the molecule is O=CN1CC[C@H](c2ccc(Cl)cc2)C1. The summed E-state index contributed by atoms with van der Waals surface area (Å²) in [6.45, 7) is 1.71. The molecular weight excluding hydrogens is 198 g/mol. The monoisotopic (exact) mass is 209 g/mol. The molecule has 1 aromatic carbocycles. The summed E-state index contributed by atoms with van der Waals surface area (Å²) in [5.41, 5.74) is 1.28. The van der Waals surface area contributed by atoms with Gasteiger partial charge in [-0.05, 0) is 24.1 Å². The standard InChI is InChI=1S/C11H12ClNO/c12-11-3-1-9(2-4-11)10-5-6-13(7-10)8-14/h1-4,8,10H,5-7H2/t10-/m0/s1. The third-order valence-electron chi connectivity index (χ3n) is 2.71. The van der Waals surface area contributed by atoms with E-state index in [2.05, 4.69) is 0 Å². The van der Waals surface area contributed by atoms with Crippen LogP contribution in [0.2, 0.25) is 5.02 Å². The van der Waals surface area contributed by atoms with Crippen LogP contribution in [0.25, 0.3) is 0 Å². The van der Waals surface area contributed by atoms with Gasteiger partial charge >= 0.3 is 0 Å². The van der Waals surface area contributed by atoms with Crippen LogP contribution in [0.15, 0.2) is 24.3 Å². The lowest BCUT2D eigenvalue weighted by Gasteiger charge is -2.10. The molecule has 14 heavy (non-hydrogen) atoms. The molecule has 1 amide bonds. The molecule has 1 saturated heterocycles. The normalized spacial score (nSPS) is 21.2. The highest BCUT2D eigenvalue weighted by atomic mass is 35.5. The van der Waals surface area contributed by atoms with Gasteiger partial charge in [-0.1, -0.05) is 23.7 Å². The lowest BCUT2D eigenvalue weighted by Crippen LogP contribution is -2.17. The molecule has 1 aromatic rings. The van der Waals surface area contributed by atoms with Crippen molar-refractivity contribution < 1.29 is 4.79 Å². The van der Waals surface area contributed by atoms with Crippen LogP contribution < -0.4 is 0 Å². The summed E-state index contributed by atoms with van der Waals surface area (Å²) in [6, 6.07) is 7.89. The van der Waals surface area contributed by atoms with E-state index in [4.69, 9.17) is 11.6 Å². The van der Waals surface area contributed by atoms with Crippen LogP contribution in [0, 0.1) is 0 Å². The van der Waals surface area contributed by atoms with Gasteiger partial charge in [0.2, 0.25) is 6.41 Å². The molecule has 74 valence electrons. The molecule has 0 N–H and O–H groups in total. The fourth-order valence-electron chi connectivity index (χ4n) is 1.89. The first-order valence-corrected chi connectivity index (χ1v) is 5.12. The van der Waals surface area contributed by atoms with E-state index in [1.807, 2.05) is 29.2 Å². The van der Waals surface area contributed by atoms with Gasteiger partial charge in [0.15, 0.2) is 0 Å². The van der Waals surface area contributed by atoms with Crippen molar-refractivity contribution in [1.82, 2.24) is 4.90 Å². The van der Waals surface area contributed by atoms with Gasteiger partial charge in [0.1, 0.15) is 0 Å². The molecule has 0 spiro atoms. The Labute approximate surface area is 88.5 Å². The predicted octanol–water partition coefficient (Wildman–Crippen LogP) is 2.29. The number of nitrogens with zero attached hydrogens (tertiary/aromatic N) is 1. The second-order valence-electron chi connectivity index (χ2n) is 3.64. The molecule has 1 aliphatic rings. The van der Waals surface area contributed by atoms with Crippen LogP contribution in [0.1, 0.15) is 17.9 Å². The first kappa shape index (κ1) is 9.53. The van der Waals surface area contributed by atoms with Gasteiger partial charge in [-0.15, -0.1) is 0 Å². The van der Waals surface area contributed by atoms with Gasteiger partial charge in [0, 0.05) is 24.0 Å². The Kier molecular flexibility index (Phi) is 2.73. The van der Waals surface area contributed by atoms with E-state index in [0.717, 1.165) is 30.9 Å². The Morgan fingerprint density at radius 1 is 1.36 bits per heavy atom. The maximum atomic E-state index is 10.5. The zero-order valence-corrected chi connectivity index (χ0v) is 8.57. The molecule has 0 aromatic heterocycles. The maximum absolute atomic E-state index is 10.5. The first-order valence-electron chi connectivity index (χ1n) is 4.74. The van der Waals surface area contributed by atoms with Crippen LogP contribution in [0.3, 0.4) is 0 Å². The van der Waals surface area contributed by atoms with Crippen molar-refractivity contribution in [3.05, 3.63) is 34.9 Å². The van der Waals surface area contributed by atoms with Crippen molar-refractivity contribution >= 4 is 18.0 Å². The molecule has 1 heterocycles. The van der Waals surface area contributed by atoms with Crippen molar-refractivity contribution in [2.75, 3.05) is 13.1 Å². The summed E-state index contributed by atoms with van der Waals surface area (Å²) in [7, 11) is 0. The zero-order valence-electron chi connectivity index (χ0n) is 7.82. The van der Waals surface area contributed by atoms with Crippen molar-refractivity contribution in [2.24, 2.45) is 0 Å². The molecule has 0 radical (unpaired) electrons. The van der Waals surface area contributed by atoms with E-state index < -0.39 is 0 Å². The Balaban J connectivity index is 2.09. The Bertz CT molecular complexity index is 323. The number of benzene rings is 1. The van der Waals surface area contributed by atoms with E-state index >= 15 is 0 Å². The third-order valence-corrected chi connectivity index (χ3v) is 2.96. The minimum Gasteiger partial charge on any atom is -0.345 e. The summed E-state index contributed by atoms with van der Waals surface area (Å²) in [6.07, 6.45) is 1.98. The van der Waals surface area contributed by atoms with Gasteiger partial charge in [0.25, 0.3) is 0 Å². The molecule has 0 unspecified atom stereocenters. The first-order chi connectivity index (χ1) is 6.79. The number of hydrogen-bond acceptors (Lipinski definition) is 1. The highest BCUT2D eigenvalue weighted by Crippen LogP contribution is 2.26. The molecule has 0 saturated carbocycles. The number of hydrogen-bond donors (Lipinski definition) is 0. The topological polar surface area (TPSA) is 20.3 Å². The second kappa shape index (κ2) is 4.01. The van der Waals surface area contributed by atoms with Gasteiger partial charge in [-0.2, -0.15) is 0 Å². The maximum Gasteiger partial charge on any atom is 0.209 e. The minimum absolute atomic E-state index is 0.484. The highest BCUT2D eigenvalue weighted by molar-refractivity contribution is 6.30. The van der Waals surface area contributed by atoms with Gasteiger partial charge in [0.05, 0.1) is 0 Å². The average Bonchev–Trinajstić information content (AvgIpc) is 2.67. The Morgan fingerprint density at radius 3 is 2.64 bits per heavy atom. The molecule has 1 aliphatic heterocycles. The summed E-state index contributed by atoms with van der Waals surface area (Å²) >= 11 is 5.81. The van der Waals surface area contributed by atoms with E-state index in [1.165, 1.54) is 5.56 Å². The third kappa shape index (κ3) is 1.90. The largest absolute Gasteiger partial charge is 0.345 e. The van der Waals surface area contributed by atoms with E-state index in [1.54, 1.807) is 0 Å². The number of halogens is 1. The smallest absolute Gasteiger partial charge is 0.209 e. The second-order valence-corrected chi connectivity index (χ2v) is 4.07. The molecule has 2 rings (SSSR count). The van der Waals surface area contributed by atoms with Crippen molar-refractivity contribution in [1.29, 1.82) is 0 Å². The number of carbonyl (C=O) groups excluding carboxylic acids is 1. The molecule has 0 bridgehead atoms. The van der Waals surface area contributed by atoms with Crippen LogP contribution >= 0.6 is 11.6 Å². The zero-order chi connectivity index (χ0) is 9.97. The lowest BCUT2D eigenvalue weighted by atomic mass is 9.99. The molecule has 3 heteroatoms. The lowest BCUT2D eigenvalue weighted by molar-refractivity contribution is -0.117. The fourth-order valence-corrected chi connectivity index (χ4v) is 2.02. The average molecular weight is 210 g/mol. The summed E-state index contributed by atoms with van der Waals surface area (Å²) in [5, 5.41) is 0.763. The van der Waals surface area contributed by atoms with Crippen LogP contribution in [0.4, 0.5) is 0 Å². The van der Waals surface area contributed by atoms with Crippen molar-refractivity contribution in [3.63, 3.8) is 0 Å². The Hall–Kier alpha value is -1.02. The predicted molar refractivity (Wildman–Crippen MR) is 56.4 cm³/mol. The van der Waals surface area contributed by atoms with Crippen LogP contribution in [0.5, 0.6) is 0 Å².